The van der Waals surface area contributed by atoms with E-state index in [1.807, 2.05) is 0 Å². The summed E-state index contributed by atoms with van der Waals surface area (Å²) in [5.41, 5.74) is 6.44. The summed E-state index contributed by atoms with van der Waals surface area (Å²) in [6, 6.07) is 4.77. The van der Waals surface area contributed by atoms with Gasteiger partial charge in [0.05, 0.1) is 7.11 Å². The first-order valence-electron chi connectivity index (χ1n) is 8.03. The highest BCUT2D eigenvalue weighted by atomic mass is 35.5. The van der Waals surface area contributed by atoms with Crippen LogP contribution in [0.4, 0.5) is 8.78 Å². The van der Waals surface area contributed by atoms with E-state index in [4.69, 9.17) is 10.5 Å². The lowest BCUT2D eigenvalue weighted by molar-refractivity contribution is -0.135. The van der Waals surface area contributed by atoms with Gasteiger partial charge in [-0.3, -0.25) is 4.79 Å². The van der Waals surface area contributed by atoms with Gasteiger partial charge >= 0.3 is 6.61 Å². The van der Waals surface area contributed by atoms with Crippen molar-refractivity contribution < 1.29 is 23.0 Å². The lowest BCUT2D eigenvalue weighted by Gasteiger charge is -2.25. The lowest BCUT2D eigenvalue weighted by Crippen LogP contribution is -2.36. The number of carbonyl (C=O) groups is 1. The van der Waals surface area contributed by atoms with Gasteiger partial charge in [-0.2, -0.15) is 8.78 Å². The number of carbonyl (C=O) groups excluding carboxylic acids is 1. The average Bonchev–Trinajstić information content (AvgIpc) is 3.02. The molecule has 0 heterocycles. The van der Waals surface area contributed by atoms with Crippen molar-refractivity contribution in [3.8, 4) is 11.5 Å². The molecule has 0 bridgehead atoms. The molecule has 5 nitrogen and oxygen atoms in total. The zero-order valence-electron chi connectivity index (χ0n) is 14.4. The fourth-order valence-corrected chi connectivity index (χ4v) is 3.29. The van der Waals surface area contributed by atoms with Crippen LogP contribution in [0, 0.1) is 11.8 Å². The lowest BCUT2D eigenvalue weighted by atomic mass is 9.95. The van der Waals surface area contributed by atoms with Crippen LogP contribution in [-0.4, -0.2) is 38.1 Å². The van der Waals surface area contributed by atoms with Gasteiger partial charge in [0.1, 0.15) is 0 Å². The highest BCUT2D eigenvalue weighted by Crippen LogP contribution is 2.33. The summed E-state index contributed by atoms with van der Waals surface area (Å²) in [5, 5.41) is 0. The van der Waals surface area contributed by atoms with Gasteiger partial charge in [-0.15, -0.1) is 12.4 Å². The minimum absolute atomic E-state index is 0. The van der Waals surface area contributed by atoms with Crippen molar-refractivity contribution in [2.75, 3.05) is 20.7 Å². The van der Waals surface area contributed by atoms with E-state index in [1.165, 1.54) is 13.2 Å². The van der Waals surface area contributed by atoms with Gasteiger partial charge in [-0.1, -0.05) is 12.5 Å². The molecule has 142 valence electrons. The third kappa shape index (κ3) is 5.44. The molecule has 0 spiro atoms. The van der Waals surface area contributed by atoms with Crippen LogP contribution < -0.4 is 15.2 Å². The van der Waals surface area contributed by atoms with Gasteiger partial charge in [0, 0.05) is 19.5 Å². The van der Waals surface area contributed by atoms with Crippen LogP contribution in [0.5, 0.6) is 11.5 Å². The molecule has 1 aliphatic carbocycles. The van der Waals surface area contributed by atoms with Crippen LogP contribution in [0.15, 0.2) is 18.2 Å². The van der Waals surface area contributed by atoms with E-state index < -0.39 is 6.61 Å². The molecule has 0 unspecified atom stereocenters. The molecule has 1 aromatic carbocycles. The zero-order chi connectivity index (χ0) is 17.7. The molecule has 2 atom stereocenters. The molecule has 1 amide bonds. The van der Waals surface area contributed by atoms with Crippen molar-refractivity contribution in [1.29, 1.82) is 0 Å². The molecule has 1 aromatic rings. The normalized spacial score (nSPS) is 19.4. The third-order valence-corrected chi connectivity index (χ3v) is 4.52. The molecule has 0 aromatic heterocycles. The third-order valence-electron chi connectivity index (χ3n) is 4.52. The number of ether oxygens (including phenoxy) is 2. The van der Waals surface area contributed by atoms with E-state index >= 15 is 0 Å². The maximum absolute atomic E-state index is 12.6. The molecular formula is C17H25ClF2N2O3. The second kappa shape index (κ2) is 9.77. The minimum atomic E-state index is -2.93. The van der Waals surface area contributed by atoms with Crippen LogP contribution in [0.1, 0.15) is 24.8 Å². The number of nitrogens with two attached hydrogens (primary N) is 1. The van der Waals surface area contributed by atoms with Crippen molar-refractivity contribution >= 4 is 18.3 Å². The quantitative estimate of drug-likeness (QED) is 0.792. The number of halogens is 3. The molecule has 8 heteroatoms. The summed E-state index contributed by atoms with van der Waals surface area (Å²) < 4.78 is 34.5. The fraction of sp³-hybridized carbons (Fsp3) is 0.588. The molecule has 1 saturated carbocycles. The van der Waals surface area contributed by atoms with Crippen molar-refractivity contribution in [3.63, 3.8) is 0 Å². The summed E-state index contributed by atoms with van der Waals surface area (Å²) in [4.78, 5) is 14.2. The predicted octanol–water partition coefficient (Wildman–Crippen LogP) is 3.05. The topological polar surface area (TPSA) is 64.8 Å². The van der Waals surface area contributed by atoms with Gasteiger partial charge in [0.15, 0.2) is 11.5 Å². The van der Waals surface area contributed by atoms with E-state index in [0.29, 0.717) is 18.7 Å². The first kappa shape index (κ1) is 21.4. The predicted molar refractivity (Wildman–Crippen MR) is 93.2 cm³/mol. The fourth-order valence-electron chi connectivity index (χ4n) is 3.29. The number of hydrogen-bond donors (Lipinski definition) is 1. The molecule has 1 fully saturated rings. The van der Waals surface area contributed by atoms with E-state index in [0.717, 1.165) is 19.3 Å². The van der Waals surface area contributed by atoms with Gasteiger partial charge < -0.3 is 20.1 Å². The number of benzene rings is 1. The standard InChI is InChI=1S/C17H24F2N2O3.ClH/c1-21(16(22)13-5-3-4-12(13)9-20)10-11-6-7-14(23-2)15(8-11)24-17(18)19;/h6-8,12-13,17H,3-5,9-10,20H2,1-2H3;1H/t12-,13-;/m1./s1. The molecule has 0 saturated heterocycles. The van der Waals surface area contributed by atoms with Gasteiger partial charge in [-0.25, -0.2) is 0 Å². The summed E-state index contributed by atoms with van der Waals surface area (Å²) in [5.74, 6) is 0.428. The summed E-state index contributed by atoms with van der Waals surface area (Å²) in [7, 11) is 3.10. The minimum Gasteiger partial charge on any atom is -0.493 e. The number of nitrogens with zero attached hydrogens (tertiary/aromatic N) is 1. The summed E-state index contributed by atoms with van der Waals surface area (Å²) in [6.07, 6.45) is 2.85. The van der Waals surface area contributed by atoms with E-state index in [2.05, 4.69) is 4.74 Å². The molecule has 1 aliphatic rings. The molecular weight excluding hydrogens is 354 g/mol. The molecule has 0 aliphatic heterocycles. The van der Waals surface area contributed by atoms with Crippen molar-refractivity contribution in [1.82, 2.24) is 4.90 Å². The Morgan fingerprint density at radius 2 is 2.08 bits per heavy atom. The van der Waals surface area contributed by atoms with E-state index in [1.54, 1.807) is 24.1 Å². The Kier molecular flexibility index (Phi) is 8.38. The van der Waals surface area contributed by atoms with E-state index in [-0.39, 0.29) is 41.6 Å². The second-order valence-corrected chi connectivity index (χ2v) is 6.09. The Hall–Kier alpha value is -1.60. The highest BCUT2D eigenvalue weighted by Gasteiger charge is 2.33. The maximum atomic E-state index is 12.6. The Balaban J connectivity index is 0.00000312. The van der Waals surface area contributed by atoms with Crippen molar-refractivity contribution in [3.05, 3.63) is 23.8 Å². The van der Waals surface area contributed by atoms with Crippen LogP contribution in [0.3, 0.4) is 0 Å². The van der Waals surface area contributed by atoms with Gasteiger partial charge in [-0.05, 0) is 43.0 Å². The monoisotopic (exact) mass is 378 g/mol. The van der Waals surface area contributed by atoms with Crippen LogP contribution in [0.25, 0.3) is 0 Å². The zero-order valence-corrected chi connectivity index (χ0v) is 15.2. The Bertz CT molecular complexity index is 575. The number of amides is 1. The van der Waals surface area contributed by atoms with Crippen molar-refractivity contribution in [2.45, 2.75) is 32.4 Å². The number of methoxy groups -OCH3 is 1. The average molecular weight is 379 g/mol. The van der Waals surface area contributed by atoms with Crippen molar-refractivity contribution in [2.24, 2.45) is 17.6 Å². The molecule has 0 radical (unpaired) electrons. The number of hydrogen-bond acceptors (Lipinski definition) is 4. The first-order valence-corrected chi connectivity index (χ1v) is 8.03. The Morgan fingerprint density at radius 3 is 2.68 bits per heavy atom. The second-order valence-electron chi connectivity index (χ2n) is 6.09. The van der Waals surface area contributed by atoms with Crippen LogP contribution >= 0.6 is 12.4 Å². The first-order chi connectivity index (χ1) is 11.5. The SMILES string of the molecule is COc1ccc(CN(C)C(=O)[C@@H]2CCC[C@@H]2CN)cc1OC(F)F.Cl. The van der Waals surface area contributed by atoms with E-state index in [9.17, 15) is 13.6 Å². The molecule has 25 heavy (non-hydrogen) atoms. The van der Waals surface area contributed by atoms with Gasteiger partial charge in [0.25, 0.3) is 0 Å². The Labute approximate surface area is 152 Å². The smallest absolute Gasteiger partial charge is 0.387 e. The maximum Gasteiger partial charge on any atom is 0.387 e. The highest BCUT2D eigenvalue weighted by molar-refractivity contribution is 5.85. The van der Waals surface area contributed by atoms with Crippen LogP contribution in [0.2, 0.25) is 0 Å². The molecule has 2 rings (SSSR count). The number of rotatable bonds is 7. The molecule has 2 N–H and O–H groups in total. The summed E-state index contributed by atoms with van der Waals surface area (Å²) >= 11 is 0. The van der Waals surface area contributed by atoms with Crippen LogP contribution in [-0.2, 0) is 11.3 Å². The largest absolute Gasteiger partial charge is 0.493 e. The van der Waals surface area contributed by atoms with Gasteiger partial charge in [0.2, 0.25) is 5.91 Å². The summed E-state index contributed by atoms with van der Waals surface area (Å²) in [6.45, 7) is -2.10. The number of alkyl halides is 2. The Morgan fingerprint density at radius 1 is 1.36 bits per heavy atom.